The van der Waals surface area contributed by atoms with Crippen LogP contribution < -0.4 is 9.83 Å². The van der Waals surface area contributed by atoms with Crippen molar-refractivity contribution in [2.75, 3.05) is 0 Å². The van der Waals surface area contributed by atoms with Crippen LogP contribution in [0.4, 0.5) is 4.39 Å². The summed E-state index contributed by atoms with van der Waals surface area (Å²) in [6, 6.07) is 2.75. The predicted molar refractivity (Wildman–Crippen MR) is 60.4 cm³/mol. The van der Waals surface area contributed by atoms with Crippen molar-refractivity contribution in [3.05, 3.63) is 30.1 Å². The molecule has 0 heterocycles. The van der Waals surface area contributed by atoms with Crippen LogP contribution in [0.3, 0.4) is 0 Å². The predicted octanol–water partition coefficient (Wildman–Crippen LogP) is -0.122. The molecule has 0 aliphatic heterocycles. The van der Waals surface area contributed by atoms with E-state index in [0.717, 1.165) is 24.3 Å². The van der Waals surface area contributed by atoms with Gasteiger partial charge >= 0.3 is 0 Å². The molecule has 0 aliphatic carbocycles. The molecule has 0 unspecified atom stereocenters. The average Bonchev–Trinajstić information content (AvgIpc) is 2.26. The number of carbonyl (C=O) groups excluding carboxylic acids is 1. The van der Waals surface area contributed by atoms with Gasteiger partial charge in [0, 0.05) is 0 Å². The number of hydrogen-bond acceptors (Lipinski definition) is 4. The number of benzene rings is 1. The molecule has 0 saturated heterocycles. The van der Waals surface area contributed by atoms with Gasteiger partial charge in [0.15, 0.2) is 0 Å². The van der Waals surface area contributed by atoms with Crippen molar-refractivity contribution in [3.8, 4) is 0 Å². The summed E-state index contributed by atoms with van der Waals surface area (Å²) >= 11 is 0. The van der Waals surface area contributed by atoms with E-state index >= 15 is 0 Å². The number of sulfonamides is 1. The Bertz CT molecular complexity index is 524. The fourth-order valence-corrected chi connectivity index (χ4v) is 2.64. The maximum Gasteiger partial charge on any atom is 0.241 e. The van der Waals surface area contributed by atoms with Gasteiger partial charge in [-0.05, 0) is 30.2 Å². The van der Waals surface area contributed by atoms with Crippen LogP contribution in [-0.4, -0.2) is 20.4 Å². The number of carboxylic acid groups (broad SMARTS) is 1. The smallest absolute Gasteiger partial charge is 0.241 e. The number of hydrogen-bond donors (Lipinski definition) is 1. The van der Waals surface area contributed by atoms with Gasteiger partial charge in [0.25, 0.3) is 0 Å². The average molecular weight is 274 g/mol. The van der Waals surface area contributed by atoms with Crippen molar-refractivity contribution in [1.82, 2.24) is 4.72 Å². The first-order chi connectivity index (χ1) is 8.24. The molecule has 0 amide bonds. The van der Waals surface area contributed by atoms with E-state index in [1.807, 2.05) is 4.72 Å². The Hall–Kier alpha value is -1.47. The fourth-order valence-electron chi connectivity index (χ4n) is 1.31. The molecule has 1 aromatic rings. The summed E-state index contributed by atoms with van der Waals surface area (Å²) in [5, 5.41) is 10.8. The number of aliphatic carboxylic acids is 1. The highest BCUT2D eigenvalue weighted by molar-refractivity contribution is 7.89. The molecule has 0 saturated carbocycles. The highest BCUT2D eigenvalue weighted by Crippen LogP contribution is 2.12. The van der Waals surface area contributed by atoms with Gasteiger partial charge in [-0.15, -0.1) is 0 Å². The second-order valence-corrected chi connectivity index (χ2v) is 5.83. The SMILES string of the molecule is CC(C)[C@H](NS(=O)(=O)c1ccc(F)cc1)C(=O)[O-]. The van der Waals surface area contributed by atoms with Crippen LogP contribution >= 0.6 is 0 Å². The van der Waals surface area contributed by atoms with E-state index in [0.29, 0.717) is 0 Å². The molecule has 5 nitrogen and oxygen atoms in total. The zero-order valence-corrected chi connectivity index (χ0v) is 10.7. The maximum absolute atomic E-state index is 12.7. The van der Waals surface area contributed by atoms with Crippen molar-refractivity contribution in [2.24, 2.45) is 5.92 Å². The Morgan fingerprint density at radius 3 is 2.17 bits per heavy atom. The van der Waals surface area contributed by atoms with Crippen LogP contribution in [0.1, 0.15) is 13.8 Å². The lowest BCUT2D eigenvalue weighted by Gasteiger charge is -2.22. The third kappa shape index (κ3) is 3.51. The largest absolute Gasteiger partial charge is 0.548 e. The van der Waals surface area contributed by atoms with Crippen molar-refractivity contribution in [2.45, 2.75) is 24.8 Å². The number of carbonyl (C=O) groups is 1. The van der Waals surface area contributed by atoms with E-state index in [4.69, 9.17) is 0 Å². The first kappa shape index (κ1) is 14.6. The van der Waals surface area contributed by atoms with Gasteiger partial charge in [0.05, 0.1) is 16.9 Å². The maximum atomic E-state index is 12.7. The number of halogens is 1. The molecular formula is C11H13FNO4S-. The molecule has 1 aromatic carbocycles. The lowest BCUT2D eigenvalue weighted by atomic mass is 10.1. The van der Waals surface area contributed by atoms with E-state index in [9.17, 15) is 22.7 Å². The van der Waals surface area contributed by atoms with Gasteiger partial charge in [-0.2, -0.15) is 0 Å². The van der Waals surface area contributed by atoms with E-state index in [1.54, 1.807) is 13.8 Å². The molecule has 0 aromatic heterocycles. The summed E-state index contributed by atoms with van der Waals surface area (Å²) in [6.45, 7) is 3.10. The van der Waals surface area contributed by atoms with E-state index in [-0.39, 0.29) is 4.90 Å². The van der Waals surface area contributed by atoms with Crippen LogP contribution in [0.5, 0.6) is 0 Å². The second-order valence-electron chi connectivity index (χ2n) is 4.12. The zero-order valence-electron chi connectivity index (χ0n) is 9.88. The highest BCUT2D eigenvalue weighted by Gasteiger charge is 2.23. The van der Waals surface area contributed by atoms with E-state index < -0.39 is 33.8 Å². The summed E-state index contributed by atoms with van der Waals surface area (Å²) in [5.74, 6) is -2.55. The Kier molecular flexibility index (Phi) is 4.42. The zero-order chi connectivity index (χ0) is 13.9. The van der Waals surface area contributed by atoms with Crippen LogP contribution in [0.15, 0.2) is 29.2 Å². The third-order valence-corrected chi connectivity index (χ3v) is 3.78. The van der Waals surface area contributed by atoms with Gasteiger partial charge in [-0.3, -0.25) is 0 Å². The van der Waals surface area contributed by atoms with Crippen molar-refractivity contribution in [3.63, 3.8) is 0 Å². The minimum atomic E-state index is -4.00. The summed E-state index contributed by atoms with van der Waals surface area (Å²) in [7, 11) is -4.00. The van der Waals surface area contributed by atoms with Gasteiger partial charge in [0.1, 0.15) is 5.82 Å². The lowest BCUT2D eigenvalue weighted by Crippen LogP contribution is -2.50. The molecule has 0 aliphatic rings. The topological polar surface area (TPSA) is 86.3 Å². The quantitative estimate of drug-likeness (QED) is 0.811. The Labute approximate surface area is 105 Å². The molecule has 0 fully saturated rings. The first-order valence-electron chi connectivity index (χ1n) is 5.23. The normalized spacial score (nSPS) is 13.6. The van der Waals surface area contributed by atoms with Crippen LogP contribution in [0.2, 0.25) is 0 Å². The fraction of sp³-hybridized carbons (Fsp3) is 0.364. The van der Waals surface area contributed by atoms with Gasteiger partial charge in [0.2, 0.25) is 10.0 Å². The monoisotopic (exact) mass is 274 g/mol. The van der Waals surface area contributed by atoms with Crippen LogP contribution in [0.25, 0.3) is 0 Å². The molecule has 100 valence electrons. The summed E-state index contributed by atoms with van der Waals surface area (Å²) in [6.07, 6.45) is 0. The number of carboxylic acids is 1. The highest BCUT2D eigenvalue weighted by atomic mass is 32.2. The van der Waals surface area contributed by atoms with Gasteiger partial charge < -0.3 is 9.90 Å². The van der Waals surface area contributed by atoms with E-state index in [2.05, 4.69) is 0 Å². The molecule has 1 rings (SSSR count). The molecule has 18 heavy (non-hydrogen) atoms. The molecule has 0 bridgehead atoms. The molecule has 0 radical (unpaired) electrons. The molecule has 1 N–H and O–H groups in total. The molecule has 1 atom stereocenters. The van der Waals surface area contributed by atoms with Crippen molar-refractivity contribution >= 4 is 16.0 Å². The Balaban J connectivity index is 3.01. The summed E-state index contributed by atoms with van der Waals surface area (Å²) < 4.78 is 38.4. The Morgan fingerprint density at radius 1 is 1.28 bits per heavy atom. The Morgan fingerprint density at radius 2 is 1.78 bits per heavy atom. The summed E-state index contributed by atoms with van der Waals surface area (Å²) in [4.78, 5) is 10.6. The van der Waals surface area contributed by atoms with Gasteiger partial charge in [-0.25, -0.2) is 17.5 Å². The number of rotatable bonds is 5. The summed E-state index contributed by atoms with van der Waals surface area (Å²) in [5.41, 5.74) is 0. The van der Waals surface area contributed by atoms with Crippen LogP contribution in [0, 0.1) is 11.7 Å². The number of nitrogens with one attached hydrogen (secondary N) is 1. The van der Waals surface area contributed by atoms with Crippen molar-refractivity contribution < 1.29 is 22.7 Å². The molecular weight excluding hydrogens is 261 g/mol. The van der Waals surface area contributed by atoms with Gasteiger partial charge in [-0.1, -0.05) is 13.8 Å². The van der Waals surface area contributed by atoms with Crippen molar-refractivity contribution in [1.29, 1.82) is 0 Å². The minimum absolute atomic E-state index is 0.198. The second kappa shape index (κ2) is 5.45. The van der Waals surface area contributed by atoms with E-state index in [1.165, 1.54) is 0 Å². The molecule has 7 heteroatoms. The first-order valence-corrected chi connectivity index (χ1v) is 6.71. The third-order valence-electron chi connectivity index (χ3n) is 2.33. The standard InChI is InChI=1S/C11H14FNO4S/c1-7(2)10(11(14)15)13-18(16,17)9-5-3-8(12)4-6-9/h3-7,10,13H,1-2H3,(H,14,15)/p-1/t10-/m0/s1. The minimum Gasteiger partial charge on any atom is -0.548 e. The van der Waals surface area contributed by atoms with Crippen LogP contribution in [-0.2, 0) is 14.8 Å². The molecule has 0 spiro atoms. The lowest BCUT2D eigenvalue weighted by molar-refractivity contribution is -0.309.